The number of nitrogens with zero attached hydrogens (tertiary/aromatic N) is 1. The Labute approximate surface area is 103 Å². The van der Waals surface area contributed by atoms with Crippen molar-refractivity contribution in [1.82, 2.24) is 4.90 Å². The normalized spacial score (nSPS) is 33.4. The van der Waals surface area contributed by atoms with E-state index in [4.69, 9.17) is 4.74 Å². The molecule has 0 saturated carbocycles. The number of piperidine rings is 2. The minimum Gasteiger partial charge on any atom is -0.444 e. The van der Waals surface area contributed by atoms with Gasteiger partial charge >= 0.3 is 6.09 Å². The third-order valence-corrected chi connectivity index (χ3v) is 3.63. The molecule has 2 fully saturated rings. The van der Waals surface area contributed by atoms with Crippen LogP contribution in [0.1, 0.15) is 52.9 Å². The maximum atomic E-state index is 12.2. The highest BCUT2D eigenvalue weighted by atomic mass is 16.6. The molecule has 3 atom stereocenters. The number of rotatable bonds is 0. The first-order valence-electron chi connectivity index (χ1n) is 6.58. The number of aliphatic hydroxyl groups is 1. The second-order valence-electron chi connectivity index (χ2n) is 6.18. The third-order valence-electron chi connectivity index (χ3n) is 3.63. The van der Waals surface area contributed by atoms with Crippen LogP contribution in [0, 0.1) is 0 Å². The summed E-state index contributed by atoms with van der Waals surface area (Å²) in [6.45, 7) is 5.63. The van der Waals surface area contributed by atoms with Crippen molar-refractivity contribution < 1.29 is 14.6 Å². The fourth-order valence-corrected chi connectivity index (χ4v) is 2.93. The predicted molar refractivity (Wildman–Crippen MR) is 64.7 cm³/mol. The van der Waals surface area contributed by atoms with Gasteiger partial charge in [-0.15, -0.1) is 0 Å². The van der Waals surface area contributed by atoms with Gasteiger partial charge in [0.15, 0.2) is 0 Å². The zero-order valence-electron chi connectivity index (χ0n) is 11.0. The Hall–Kier alpha value is -0.770. The lowest BCUT2D eigenvalue weighted by atomic mass is 9.83. The van der Waals surface area contributed by atoms with Crippen LogP contribution >= 0.6 is 0 Å². The molecule has 4 heteroatoms. The standard InChI is InChI=1S/C13H23NO3/c1-13(2,3)17-12(16)14-9-5-4-6-10(14)11(15)8-7-9/h9-11,15H,4-8H2,1-3H3/t9-,10-,11+/m1/s1. The van der Waals surface area contributed by atoms with Crippen LogP contribution in [0.3, 0.4) is 0 Å². The van der Waals surface area contributed by atoms with Crippen molar-refractivity contribution in [2.24, 2.45) is 0 Å². The molecule has 0 aliphatic carbocycles. The second kappa shape index (κ2) is 4.48. The molecular formula is C13H23NO3. The molecule has 2 aliphatic heterocycles. The molecule has 4 nitrogen and oxygen atoms in total. The zero-order chi connectivity index (χ0) is 12.6. The molecular weight excluding hydrogens is 218 g/mol. The molecule has 2 aliphatic rings. The maximum Gasteiger partial charge on any atom is 0.410 e. The number of ether oxygens (including phenoxy) is 1. The van der Waals surface area contributed by atoms with Gasteiger partial charge in [0, 0.05) is 6.04 Å². The highest BCUT2D eigenvalue weighted by molar-refractivity contribution is 5.69. The lowest BCUT2D eigenvalue weighted by molar-refractivity contribution is -0.0605. The Balaban J connectivity index is 2.10. The molecule has 2 bridgehead atoms. The Morgan fingerprint density at radius 3 is 2.59 bits per heavy atom. The van der Waals surface area contributed by atoms with Crippen LogP contribution in [0.5, 0.6) is 0 Å². The first-order valence-corrected chi connectivity index (χ1v) is 6.58. The fraction of sp³-hybridized carbons (Fsp3) is 0.923. The lowest BCUT2D eigenvalue weighted by Gasteiger charge is -2.48. The summed E-state index contributed by atoms with van der Waals surface area (Å²) in [4.78, 5) is 14.0. The Bertz CT molecular complexity index is 298. The van der Waals surface area contributed by atoms with E-state index in [0.717, 1.165) is 32.1 Å². The van der Waals surface area contributed by atoms with Crippen LogP contribution < -0.4 is 0 Å². The van der Waals surface area contributed by atoms with Gasteiger partial charge in [-0.1, -0.05) is 0 Å². The number of fused-ring (bicyclic) bond motifs is 2. The number of carbonyl (C=O) groups is 1. The zero-order valence-corrected chi connectivity index (χ0v) is 11.0. The summed E-state index contributed by atoms with van der Waals surface area (Å²) in [5.41, 5.74) is -0.465. The summed E-state index contributed by atoms with van der Waals surface area (Å²) in [5.74, 6) is 0. The van der Waals surface area contributed by atoms with Gasteiger partial charge in [0.05, 0.1) is 12.1 Å². The number of aliphatic hydroxyl groups excluding tert-OH is 1. The van der Waals surface area contributed by atoms with Crippen molar-refractivity contribution in [1.29, 1.82) is 0 Å². The quantitative estimate of drug-likeness (QED) is 0.708. The van der Waals surface area contributed by atoms with Crippen molar-refractivity contribution in [2.75, 3.05) is 0 Å². The van der Waals surface area contributed by atoms with Gasteiger partial charge in [-0.05, 0) is 52.9 Å². The summed E-state index contributed by atoms with van der Waals surface area (Å²) in [6.07, 6.45) is 4.13. The van der Waals surface area contributed by atoms with Gasteiger partial charge in [0.2, 0.25) is 0 Å². The van der Waals surface area contributed by atoms with Crippen LogP contribution in [0.15, 0.2) is 0 Å². The van der Waals surface area contributed by atoms with Crippen LogP contribution in [0.2, 0.25) is 0 Å². The van der Waals surface area contributed by atoms with Gasteiger partial charge in [-0.25, -0.2) is 4.79 Å². The summed E-state index contributed by atoms with van der Waals surface area (Å²) in [5, 5.41) is 9.99. The highest BCUT2D eigenvalue weighted by Crippen LogP contribution is 2.35. The third kappa shape index (κ3) is 2.73. The first-order chi connectivity index (χ1) is 7.88. The second-order valence-corrected chi connectivity index (χ2v) is 6.18. The largest absolute Gasteiger partial charge is 0.444 e. The Morgan fingerprint density at radius 1 is 1.24 bits per heavy atom. The number of hydrogen-bond donors (Lipinski definition) is 1. The fourth-order valence-electron chi connectivity index (χ4n) is 2.93. The van der Waals surface area contributed by atoms with Gasteiger partial charge in [0.25, 0.3) is 0 Å². The molecule has 2 heterocycles. The predicted octanol–water partition coefficient (Wildman–Crippen LogP) is 2.30. The molecule has 98 valence electrons. The summed E-state index contributed by atoms with van der Waals surface area (Å²) >= 11 is 0. The van der Waals surface area contributed by atoms with Crippen LogP contribution in [0.4, 0.5) is 4.79 Å². The van der Waals surface area contributed by atoms with Crippen LogP contribution in [-0.2, 0) is 4.74 Å². The van der Waals surface area contributed by atoms with Crippen molar-refractivity contribution >= 4 is 6.09 Å². The number of amides is 1. The highest BCUT2D eigenvalue weighted by Gasteiger charge is 2.43. The van der Waals surface area contributed by atoms with Gasteiger partial charge in [0.1, 0.15) is 5.60 Å². The van der Waals surface area contributed by atoms with E-state index in [9.17, 15) is 9.90 Å². The minimum atomic E-state index is -0.465. The molecule has 0 radical (unpaired) electrons. The Morgan fingerprint density at radius 2 is 1.94 bits per heavy atom. The summed E-state index contributed by atoms with van der Waals surface area (Å²) in [6, 6.07) is 0.240. The smallest absolute Gasteiger partial charge is 0.410 e. The van der Waals surface area contributed by atoms with E-state index in [0.29, 0.717) is 0 Å². The van der Waals surface area contributed by atoms with E-state index in [1.165, 1.54) is 0 Å². The van der Waals surface area contributed by atoms with E-state index in [2.05, 4.69) is 0 Å². The first kappa shape index (κ1) is 12.7. The van der Waals surface area contributed by atoms with Gasteiger partial charge in [-0.3, -0.25) is 4.90 Å². The van der Waals surface area contributed by atoms with Crippen molar-refractivity contribution in [3.05, 3.63) is 0 Å². The maximum absolute atomic E-state index is 12.2. The van der Waals surface area contributed by atoms with Crippen molar-refractivity contribution in [2.45, 2.75) is 76.7 Å². The monoisotopic (exact) mass is 241 g/mol. The van der Waals surface area contributed by atoms with Crippen molar-refractivity contribution in [3.63, 3.8) is 0 Å². The van der Waals surface area contributed by atoms with Crippen LogP contribution in [0.25, 0.3) is 0 Å². The topological polar surface area (TPSA) is 49.8 Å². The minimum absolute atomic E-state index is 0.0302. The molecule has 0 aromatic rings. The average Bonchev–Trinajstić information content (AvgIpc) is 2.21. The molecule has 0 unspecified atom stereocenters. The lowest BCUT2D eigenvalue weighted by Crippen LogP contribution is -2.59. The molecule has 17 heavy (non-hydrogen) atoms. The van der Waals surface area contributed by atoms with Crippen LogP contribution in [-0.4, -0.2) is 39.9 Å². The summed E-state index contributed by atoms with van der Waals surface area (Å²) < 4.78 is 5.44. The average molecular weight is 241 g/mol. The summed E-state index contributed by atoms with van der Waals surface area (Å²) in [7, 11) is 0. The number of carbonyl (C=O) groups excluding carboxylic acids is 1. The van der Waals surface area contributed by atoms with Gasteiger partial charge < -0.3 is 9.84 Å². The molecule has 1 amide bonds. The molecule has 0 aromatic carbocycles. The molecule has 0 spiro atoms. The van der Waals surface area contributed by atoms with E-state index >= 15 is 0 Å². The van der Waals surface area contributed by atoms with E-state index in [1.807, 2.05) is 20.8 Å². The molecule has 2 saturated heterocycles. The molecule has 1 N–H and O–H groups in total. The van der Waals surface area contributed by atoms with E-state index in [-0.39, 0.29) is 24.3 Å². The van der Waals surface area contributed by atoms with E-state index < -0.39 is 5.60 Å². The van der Waals surface area contributed by atoms with Gasteiger partial charge in [-0.2, -0.15) is 0 Å². The molecule has 0 aromatic heterocycles. The number of hydrogen-bond acceptors (Lipinski definition) is 3. The molecule has 2 rings (SSSR count). The van der Waals surface area contributed by atoms with E-state index in [1.54, 1.807) is 4.90 Å². The SMILES string of the molecule is CC(C)(C)OC(=O)N1[C@@H]2CCC[C@@H]1[C@@H](O)CC2. The van der Waals surface area contributed by atoms with Crippen molar-refractivity contribution in [3.8, 4) is 0 Å². The Kier molecular flexibility index (Phi) is 3.34.